The molecular formula is C10H22N2S. The van der Waals surface area contributed by atoms with Gasteiger partial charge in [-0.1, -0.05) is 33.0 Å². The van der Waals surface area contributed by atoms with Crippen LogP contribution in [0.2, 0.25) is 0 Å². The summed E-state index contributed by atoms with van der Waals surface area (Å²) < 4.78 is 0. The molecule has 78 valence electrons. The van der Waals surface area contributed by atoms with Crippen LogP contribution in [0.3, 0.4) is 0 Å². The van der Waals surface area contributed by atoms with Crippen LogP contribution in [0.25, 0.3) is 0 Å². The highest BCUT2D eigenvalue weighted by atomic mass is 32.1. The molecule has 0 spiro atoms. The van der Waals surface area contributed by atoms with E-state index in [-0.39, 0.29) is 0 Å². The highest BCUT2D eigenvalue weighted by Crippen LogP contribution is 2.06. The average molecular weight is 202 g/mol. The van der Waals surface area contributed by atoms with Gasteiger partial charge < -0.3 is 5.73 Å². The minimum atomic E-state index is 0.301. The molecule has 0 aliphatic carbocycles. The van der Waals surface area contributed by atoms with Crippen molar-refractivity contribution in [3.63, 3.8) is 0 Å². The van der Waals surface area contributed by atoms with Gasteiger partial charge in [-0.15, -0.1) is 0 Å². The van der Waals surface area contributed by atoms with Crippen LogP contribution in [0.1, 0.15) is 40.0 Å². The standard InChI is InChI=1S/C10H22N2S/c1-4-7-12(8-5-2)9(6-3)10(11)13/h9H,4-8H2,1-3H3,(H2,11,13). The molecule has 1 unspecified atom stereocenters. The first-order chi connectivity index (χ1) is 6.17. The molecule has 0 aromatic heterocycles. The van der Waals surface area contributed by atoms with Crippen LogP contribution >= 0.6 is 12.2 Å². The summed E-state index contributed by atoms with van der Waals surface area (Å²) in [6.07, 6.45) is 3.35. The van der Waals surface area contributed by atoms with Crippen LogP contribution in [0.5, 0.6) is 0 Å². The van der Waals surface area contributed by atoms with E-state index in [0.717, 1.165) is 19.5 Å². The van der Waals surface area contributed by atoms with Gasteiger partial charge in [-0.05, 0) is 32.4 Å². The van der Waals surface area contributed by atoms with E-state index in [2.05, 4.69) is 25.7 Å². The fourth-order valence-electron chi connectivity index (χ4n) is 1.64. The predicted octanol–water partition coefficient (Wildman–Crippen LogP) is 2.17. The molecular weight excluding hydrogens is 180 g/mol. The lowest BCUT2D eigenvalue weighted by atomic mass is 10.1. The van der Waals surface area contributed by atoms with Gasteiger partial charge in [-0.3, -0.25) is 4.90 Å². The van der Waals surface area contributed by atoms with Gasteiger partial charge in [0.1, 0.15) is 0 Å². The summed E-state index contributed by atoms with van der Waals surface area (Å²) in [5.74, 6) is 0. The fourth-order valence-corrected chi connectivity index (χ4v) is 1.95. The molecule has 2 N–H and O–H groups in total. The van der Waals surface area contributed by atoms with Crippen LogP contribution in [0.15, 0.2) is 0 Å². The first kappa shape index (κ1) is 12.8. The molecule has 0 heterocycles. The molecule has 0 radical (unpaired) electrons. The average Bonchev–Trinajstić information content (AvgIpc) is 2.05. The molecule has 0 saturated heterocycles. The van der Waals surface area contributed by atoms with Crippen molar-refractivity contribution in [3.05, 3.63) is 0 Å². The smallest absolute Gasteiger partial charge is 0.0901 e. The van der Waals surface area contributed by atoms with Gasteiger partial charge >= 0.3 is 0 Å². The highest BCUT2D eigenvalue weighted by Gasteiger charge is 2.17. The lowest BCUT2D eigenvalue weighted by molar-refractivity contribution is 0.238. The number of thiocarbonyl (C=S) groups is 1. The van der Waals surface area contributed by atoms with E-state index in [9.17, 15) is 0 Å². The van der Waals surface area contributed by atoms with Gasteiger partial charge in [0.25, 0.3) is 0 Å². The maximum absolute atomic E-state index is 5.70. The zero-order valence-electron chi connectivity index (χ0n) is 9.05. The monoisotopic (exact) mass is 202 g/mol. The summed E-state index contributed by atoms with van der Waals surface area (Å²) in [5, 5.41) is 0. The maximum atomic E-state index is 5.70. The van der Waals surface area contributed by atoms with Crippen molar-refractivity contribution in [1.29, 1.82) is 0 Å². The Balaban J connectivity index is 4.20. The van der Waals surface area contributed by atoms with E-state index in [0.29, 0.717) is 11.0 Å². The molecule has 0 fully saturated rings. The molecule has 0 saturated carbocycles. The Morgan fingerprint density at radius 3 is 1.92 bits per heavy atom. The van der Waals surface area contributed by atoms with Crippen LogP contribution in [-0.2, 0) is 0 Å². The molecule has 0 bridgehead atoms. The van der Waals surface area contributed by atoms with Crippen molar-refractivity contribution in [1.82, 2.24) is 4.90 Å². The number of rotatable bonds is 7. The fraction of sp³-hybridized carbons (Fsp3) is 0.900. The Hall–Kier alpha value is -0.150. The van der Waals surface area contributed by atoms with E-state index >= 15 is 0 Å². The van der Waals surface area contributed by atoms with Crippen LogP contribution in [0.4, 0.5) is 0 Å². The quantitative estimate of drug-likeness (QED) is 0.642. The van der Waals surface area contributed by atoms with Gasteiger partial charge in [0.2, 0.25) is 0 Å². The molecule has 0 aliphatic rings. The predicted molar refractivity (Wildman–Crippen MR) is 63.0 cm³/mol. The molecule has 1 atom stereocenters. The minimum Gasteiger partial charge on any atom is -0.392 e. The molecule has 13 heavy (non-hydrogen) atoms. The summed E-state index contributed by atoms with van der Waals surface area (Å²) >= 11 is 5.06. The van der Waals surface area contributed by atoms with E-state index in [1.165, 1.54) is 12.8 Å². The second-order valence-electron chi connectivity index (χ2n) is 3.36. The molecule has 0 aromatic rings. The zero-order chi connectivity index (χ0) is 10.3. The van der Waals surface area contributed by atoms with Gasteiger partial charge in [0.05, 0.1) is 11.0 Å². The summed E-state index contributed by atoms with van der Waals surface area (Å²) in [6.45, 7) is 8.72. The third-order valence-electron chi connectivity index (χ3n) is 2.18. The van der Waals surface area contributed by atoms with Crippen LogP contribution < -0.4 is 5.73 Å². The zero-order valence-corrected chi connectivity index (χ0v) is 9.86. The Bertz CT molecular complexity index is 142. The Kier molecular flexibility index (Phi) is 7.19. The second kappa shape index (κ2) is 7.27. The van der Waals surface area contributed by atoms with Gasteiger partial charge in [-0.25, -0.2) is 0 Å². The van der Waals surface area contributed by atoms with E-state index < -0.39 is 0 Å². The van der Waals surface area contributed by atoms with Crippen molar-refractivity contribution in [2.45, 2.75) is 46.1 Å². The molecule has 2 nitrogen and oxygen atoms in total. The Morgan fingerprint density at radius 1 is 1.23 bits per heavy atom. The summed E-state index contributed by atoms with van der Waals surface area (Å²) in [6, 6.07) is 0.301. The van der Waals surface area contributed by atoms with Crippen LogP contribution in [-0.4, -0.2) is 29.0 Å². The van der Waals surface area contributed by atoms with Crippen molar-refractivity contribution in [2.75, 3.05) is 13.1 Å². The number of nitrogens with zero attached hydrogens (tertiary/aromatic N) is 1. The van der Waals surface area contributed by atoms with Crippen molar-refractivity contribution < 1.29 is 0 Å². The Morgan fingerprint density at radius 2 is 1.69 bits per heavy atom. The lowest BCUT2D eigenvalue weighted by Crippen LogP contribution is -2.44. The van der Waals surface area contributed by atoms with Gasteiger partial charge in [0.15, 0.2) is 0 Å². The topological polar surface area (TPSA) is 29.3 Å². The lowest BCUT2D eigenvalue weighted by Gasteiger charge is -2.29. The molecule has 0 aliphatic heterocycles. The van der Waals surface area contributed by atoms with E-state index in [1.807, 2.05) is 0 Å². The SMILES string of the molecule is CCCN(CCC)C(CC)C(N)=S. The summed E-state index contributed by atoms with van der Waals surface area (Å²) in [5.41, 5.74) is 5.70. The number of hydrogen-bond acceptors (Lipinski definition) is 2. The third-order valence-corrected chi connectivity index (χ3v) is 2.45. The Labute approximate surface area is 87.5 Å². The van der Waals surface area contributed by atoms with Crippen molar-refractivity contribution >= 4 is 17.2 Å². The first-order valence-electron chi connectivity index (χ1n) is 5.20. The molecule has 0 amide bonds. The van der Waals surface area contributed by atoms with Gasteiger partial charge in [-0.2, -0.15) is 0 Å². The largest absolute Gasteiger partial charge is 0.392 e. The normalized spacial score (nSPS) is 13.2. The van der Waals surface area contributed by atoms with Crippen LogP contribution in [0, 0.1) is 0 Å². The maximum Gasteiger partial charge on any atom is 0.0901 e. The second-order valence-corrected chi connectivity index (χ2v) is 3.83. The van der Waals surface area contributed by atoms with E-state index in [4.69, 9.17) is 18.0 Å². The van der Waals surface area contributed by atoms with E-state index in [1.54, 1.807) is 0 Å². The minimum absolute atomic E-state index is 0.301. The van der Waals surface area contributed by atoms with Crippen molar-refractivity contribution in [2.24, 2.45) is 5.73 Å². The summed E-state index contributed by atoms with van der Waals surface area (Å²) in [7, 11) is 0. The van der Waals surface area contributed by atoms with Gasteiger partial charge in [0, 0.05) is 0 Å². The third kappa shape index (κ3) is 4.58. The molecule has 0 rings (SSSR count). The molecule has 3 heteroatoms. The molecule has 0 aromatic carbocycles. The number of nitrogens with two attached hydrogens (primary N) is 1. The first-order valence-corrected chi connectivity index (χ1v) is 5.61. The summed E-state index contributed by atoms with van der Waals surface area (Å²) in [4.78, 5) is 3.03. The highest BCUT2D eigenvalue weighted by molar-refractivity contribution is 7.80. The number of hydrogen-bond donors (Lipinski definition) is 1. The van der Waals surface area contributed by atoms with Crippen molar-refractivity contribution in [3.8, 4) is 0 Å².